The molecule has 1 aromatic rings. The predicted molar refractivity (Wildman–Crippen MR) is 59.8 cm³/mol. The van der Waals surface area contributed by atoms with E-state index in [1.807, 2.05) is 0 Å². The number of nitrogen functional groups attached to an aromatic ring is 1. The summed E-state index contributed by atoms with van der Waals surface area (Å²) in [6.45, 7) is 0. The van der Waals surface area contributed by atoms with E-state index in [9.17, 15) is 0 Å². The highest BCUT2D eigenvalue weighted by atomic mass is 127. The fraction of sp³-hybridized carbons (Fsp3) is 0.222. The fourth-order valence-electron chi connectivity index (χ4n) is 0.803. The van der Waals surface area contributed by atoms with Crippen LogP contribution in [0.2, 0.25) is 0 Å². The maximum absolute atomic E-state index is 8.64. The van der Waals surface area contributed by atoms with E-state index in [-0.39, 0.29) is 6.10 Å². The number of nitriles is 1. The quantitative estimate of drug-likeness (QED) is 0.525. The second kappa shape index (κ2) is 4.92. The molecule has 0 saturated heterocycles. The number of nitrogens with two attached hydrogens (primary N) is 1. The van der Waals surface area contributed by atoms with Crippen LogP contribution in [-0.2, 0) is 0 Å². The molecule has 0 heterocycles. The normalized spacial score (nSPS) is 11.7. The molecule has 1 rings (SSSR count). The molecule has 3 nitrogen and oxygen atoms in total. The maximum atomic E-state index is 8.64. The lowest BCUT2D eigenvalue weighted by Gasteiger charge is -2.08. The van der Waals surface area contributed by atoms with E-state index >= 15 is 0 Å². The zero-order chi connectivity index (χ0) is 9.68. The Labute approximate surface area is 90.6 Å². The number of alkyl halides is 1. The van der Waals surface area contributed by atoms with Gasteiger partial charge in [0, 0.05) is 5.69 Å². The minimum absolute atomic E-state index is 0.385. The van der Waals surface area contributed by atoms with Crippen molar-refractivity contribution in [2.24, 2.45) is 0 Å². The van der Waals surface area contributed by atoms with E-state index in [1.54, 1.807) is 24.3 Å². The van der Waals surface area contributed by atoms with E-state index in [0.717, 1.165) is 0 Å². The minimum atomic E-state index is -0.385. The van der Waals surface area contributed by atoms with Crippen molar-refractivity contribution < 1.29 is 4.74 Å². The Balaban J connectivity index is 2.64. The zero-order valence-electron chi connectivity index (χ0n) is 6.90. The topological polar surface area (TPSA) is 59.0 Å². The summed E-state index contributed by atoms with van der Waals surface area (Å²) < 4.78 is 6.00. The Morgan fingerprint density at radius 2 is 2.08 bits per heavy atom. The molecule has 0 radical (unpaired) electrons. The predicted octanol–water partition coefficient (Wildman–Crippen LogP) is 1.97. The molecule has 0 saturated carbocycles. The van der Waals surface area contributed by atoms with Crippen molar-refractivity contribution in [3.63, 3.8) is 0 Å². The van der Waals surface area contributed by atoms with Gasteiger partial charge in [0.2, 0.25) is 0 Å². The molecule has 1 atom stereocenters. The van der Waals surface area contributed by atoms with Crippen molar-refractivity contribution in [2.45, 2.75) is 6.10 Å². The summed E-state index contributed by atoms with van der Waals surface area (Å²) in [4.78, 5) is 0. The van der Waals surface area contributed by atoms with Gasteiger partial charge in [-0.2, -0.15) is 5.26 Å². The number of hydrogen-bond acceptors (Lipinski definition) is 3. The monoisotopic (exact) mass is 288 g/mol. The summed E-state index contributed by atoms with van der Waals surface area (Å²) in [5.74, 6) is 0.678. The van der Waals surface area contributed by atoms with E-state index < -0.39 is 0 Å². The van der Waals surface area contributed by atoms with Crippen molar-refractivity contribution in [3.8, 4) is 11.8 Å². The SMILES string of the molecule is N#CC(CI)Oc1ccc(N)cc1. The molecule has 0 fully saturated rings. The second-order valence-electron chi connectivity index (χ2n) is 2.46. The van der Waals surface area contributed by atoms with Gasteiger partial charge in [0.1, 0.15) is 11.8 Å². The number of ether oxygens (including phenoxy) is 1. The Hall–Kier alpha value is -0.960. The van der Waals surface area contributed by atoms with Crippen LogP contribution in [0.5, 0.6) is 5.75 Å². The minimum Gasteiger partial charge on any atom is -0.475 e. The van der Waals surface area contributed by atoms with Crippen LogP contribution in [0, 0.1) is 11.3 Å². The van der Waals surface area contributed by atoms with Gasteiger partial charge in [-0.05, 0) is 24.3 Å². The summed E-state index contributed by atoms with van der Waals surface area (Å²) in [5, 5.41) is 8.64. The van der Waals surface area contributed by atoms with Crippen LogP contribution in [0.1, 0.15) is 0 Å². The van der Waals surface area contributed by atoms with Gasteiger partial charge in [0.15, 0.2) is 6.10 Å². The lowest BCUT2D eigenvalue weighted by molar-refractivity contribution is 0.283. The number of halogens is 1. The van der Waals surface area contributed by atoms with Crippen LogP contribution in [0.3, 0.4) is 0 Å². The van der Waals surface area contributed by atoms with Crippen molar-refractivity contribution >= 4 is 28.3 Å². The maximum Gasteiger partial charge on any atom is 0.193 e. The van der Waals surface area contributed by atoms with Crippen molar-refractivity contribution in [2.75, 3.05) is 10.2 Å². The molecule has 0 spiro atoms. The smallest absolute Gasteiger partial charge is 0.193 e. The molecule has 2 N–H and O–H groups in total. The van der Waals surface area contributed by atoms with E-state index in [4.69, 9.17) is 15.7 Å². The number of benzene rings is 1. The summed E-state index contributed by atoms with van der Waals surface area (Å²) in [6, 6.07) is 9.06. The van der Waals surface area contributed by atoms with Gasteiger partial charge in [0.25, 0.3) is 0 Å². The van der Waals surface area contributed by atoms with Crippen molar-refractivity contribution in [1.82, 2.24) is 0 Å². The first-order chi connectivity index (χ1) is 6.26. The van der Waals surface area contributed by atoms with Crippen molar-refractivity contribution in [3.05, 3.63) is 24.3 Å². The molecule has 0 amide bonds. The molecule has 13 heavy (non-hydrogen) atoms. The lowest BCUT2D eigenvalue weighted by Crippen LogP contribution is -2.15. The molecule has 0 aliphatic heterocycles. The lowest BCUT2D eigenvalue weighted by atomic mass is 10.3. The first-order valence-electron chi connectivity index (χ1n) is 3.74. The van der Waals surface area contributed by atoms with Gasteiger partial charge in [0.05, 0.1) is 4.43 Å². The molecule has 68 valence electrons. The molecular formula is C9H9IN2O. The third-order valence-electron chi connectivity index (χ3n) is 1.44. The number of nitrogens with zero attached hydrogens (tertiary/aromatic N) is 1. The first-order valence-corrected chi connectivity index (χ1v) is 5.26. The van der Waals surface area contributed by atoms with Gasteiger partial charge in [-0.15, -0.1) is 0 Å². The van der Waals surface area contributed by atoms with Gasteiger partial charge in [-0.25, -0.2) is 0 Å². The third-order valence-corrected chi connectivity index (χ3v) is 2.24. The number of anilines is 1. The standard InChI is InChI=1S/C9H9IN2O/c10-5-9(6-11)13-8-3-1-7(12)2-4-8/h1-4,9H,5,12H2. The van der Waals surface area contributed by atoms with Gasteiger partial charge in [-0.1, -0.05) is 22.6 Å². The Bertz CT molecular complexity index is 304. The Kier molecular flexibility index (Phi) is 3.83. The molecule has 1 unspecified atom stereocenters. The average molecular weight is 288 g/mol. The molecule has 0 aliphatic rings. The highest BCUT2D eigenvalue weighted by Crippen LogP contribution is 2.15. The highest BCUT2D eigenvalue weighted by Gasteiger charge is 2.05. The zero-order valence-corrected chi connectivity index (χ0v) is 9.06. The summed E-state index contributed by atoms with van der Waals surface area (Å²) in [6.07, 6.45) is -0.385. The van der Waals surface area contributed by atoms with Crippen LogP contribution < -0.4 is 10.5 Å². The average Bonchev–Trinajstić information content (AvgIpc) is 2.17. The van der Waals surface area contributed by atoms with Gasteiger partial charge in [-0.3, -0.25) is 0 Å². The first kappa shape index (κ1) is 10.1. The van der Waals surface area contributed by atoms with Gasteiger partial charge < -0.3 is 10.5 Å². The number of rotatable bonds is 3. The summed E-state index contributed by atoms with van der Waals surface area (Å²) in [5.41, 5.74) is 6.19. The fourth-order valence-corrected chi connectivity index (χ4v) is 1.18. The van der Waals surface area contributed by atoms with E-state index in [2.05, 4.69) is 28.7 Å². The molecule has 0 aromatic heterocycles. The van der Waals surface area contributed by atoms with E-state index in [0.29, 0.717) is 15.9 Å². The molecule has 4 heteroatoms. The highest BCUT2D eigenvalue weighted by molar-refractivity contribution is 14.1. The molecule has 0 aliphatic carbocycles. The van der Waals surface area contributed by atoms with E-state index in [1.165, 1.54) is 0 Å². The Morgan fingerprint density at radius 3 is 2.54 bits per heavy atom. The van der Waals surface area contributed by atoms with Crippen molar-refractivity contribution in [1.29, 1.82) is 5.26 Å². The molecule has 1 aromatic carbocycles. The van der Waals surface area contributed by atoms with Crippen LogP contribution in [0.15, 0.2) is 24.3 Å². The largest absolute Gasteiger partial charge is 0.475 e. The summed E-state index contributed by atoms with van der Waals surface area (Å²) in [7, 11) is 0. The van der Waals surface area contributed by atoms with Crippen LogP contribution >= 0.6 is 22.6 Å². The van der Waals surface area contributed by atoms with Gasteiger partial charge >= 0.3 is 0 Å². The second-order valence-corrected chi connectivity index (χ2v) is 3.34. The Morgan fingerprint density at radius 1 is 1.46 bits per heavy atom. The summed E-state index contributed by atoms with van der Waals surface area (Å²) >= 11 is 2.11. The molecule has 0 bridgehead atoms. The third kappa shape index (κ3) is 3.11. The van der Waals surface area contributed by atoms with Crippen LogP contribution in [0.25, 0.3) is 0 Å². The van der Waals surface area contributed by atoms with Crippen LogP contribution in [0.4, 0.5) is 5.69 Å². The molecular weight excluding hydrogens is 279 g/mol. The van der Waals surface area contributed by atoms with Crippen LogP contribution in [-0.4, -0.2) is 10.5 Å². The number of hydrogen-bond donors (Lipinski definition) is 1.